The van der Waals surface area contributed by atoms with Crippen molar-refractivity contribution in [2.45, 2.75) is 56.5 Å². The van der Waals surface area contributed by atoms with Gasteiger partial charge in [-0.3, -0.25) is 5.32 Å². The first kappa shape index (κ1) is 12.4. The molecule has 3 aliphatic rings. The molecule has 1 N–H and O–H groups in total. The van der Waals surface area contributed by atoms with Crippen LogP contribution in [0.25, 0.3) is 0 Å². The highest BCUT2D eigenvalue weighted by Gasteiger charge is 2.48. The highest BCUT2D eigenvalue weighted by Crippen LogP contribution is 2.42. The Labute approximate surface area is 111 Å². The van der Waals surface area contributed by atoms with Gasteiger partial charge in [0.15, 0.2) is 0 Å². The molecule has 1 atom stereocenters. The maximum absolute atomic E-state index is 9.68. The van der Waals surface area contributed by atoms with E-state index in [9.17, 15) is 5.26 Å². The zero-order chi connectivity index (χ0) is 12.6. The first-order chi connectivity index (χ1) is 8.72. The SMILES string of the molecule is CN(CC1CCC1)CC(C#N)(NC1CC1)C1CC1. The van der Waals surface area contributed by atoms with E-state index in [2.05, 4.69) is 23.3 Å². The molecule has 18 heavy (non-hydrogen) atoms. The fourth-order valence-electron chi connectivity index (χ4n) is 3.23. The molecule has 0 radical (unpaired) electrons. The largest absolute Gasteiger partial charge is 0.303 e. The second-order valence-corrected chi connectivity index (χ2v) is 6.77. The Bertz CT molecular complexity index is 336. The minimum atomic E-state index is -0.250. The Balaban J connectivity index is 1.58. The van der Waals surface area contributed by atoms with Crippen molar-refractivity contribution in [2.75, 3.05) is 20.1 Å². The van der Waals surface area contributed by atoms with E-state index in [0.29, 0.717) is 12.0 Å². The minimum Gasteiger partial charge on any atom is -0.303 e. The van der Waals surface area contributed by atoms with Gasteiger partial charge < -0.3 is 4.90 Å². The fraction of sp³-hybridized carbons (Fsp3) is 0.933. The van der Waals surface area contributed by atoms with Gasteiger partial charge in [0.25, 0.3) is 0 Å². The van der Waals surface area contributed by atoms with Crippen LogP contribution in [-0.2, 0) is 0 Å². The van der Waals surface area contributed by atoms with E-state index in [4.69, 9.17) is 0 Å². The number of likely N-dealkylation sites (N-methyl/N-ethyl adjacent to an activating group) is 1. The Morgan fingerprint density at radius 2 is 1.94 bits per heavy atom. The van der Waals surface area contributed by atoms with Crippen LogP contribution in [0, 0.1) is 23.2 Å². The van der Waals surface area contributed by atoms with Crippen molar-refractivity contribution in [3.05, 3.63) is 0 Å². The van der Waals surface area contributed by atoms with Crippen LogP contribution in [0.3, 0.4) is 0 Å². The third kappa shape index (κ3) is 2.70. The van der Waals surface area contributed by atoms with E-state index in [0.717, 1.165) is 12.5 Å². The lowest BCUT2D eigenvalue weighted by molar-refractivity contribution is 0.166. The van der Waals surface area contributed by atoms with Crippen LogP contribution in [0.4, 0.5) is 0 Å². The predicted molar refractivity (Wildman–Crippen MR) is 72.1 cm³/mol. The number of nitrogens with one attached hydrogen (secondary N) is 1. The van der Waals surface area contributed by atoms with E-state index in [1.807, 2.05) is 0 Å². The average molecular weight is 247 g/mol. The molecule has 0 amide bonds. The zero-order valence-electron chi connectivity index (χ0n) is 11.5. The van der Waals surface area contributed by atoms with Crippen molar-refractivity contribution in [3.63, 3.8) is 0 Å². The normalized spacial score (nSPS) is 27.6. The maximum atomic E-state index is 9.68. The van der Waals surface area contributed by atoms with Crippen molar-refractivity contribution in [3.8, 4) is 6.07 Å². The van der Waals surface area contributed by atoms with Crippen LogP contribution in [-0.4, -0.2) is 36.6 Å². The quantitative estimate of drug-likeness (QED) is 0.749. The van der Waals surface area contributed by atoms with Gasteiger partial charge in [0.2, 0.25) is 0 Å². The third-order valence-corrected chi connectivity index (χ3v) is 4.83. The molecule has 3 rings (SSSR count). The first-order valence-corrected chi connectivity index (χ1v) is 7.59. The molecule has 3 fully saturated rings. The summed E-state index contributed by atoms with van der Waals surface area (Å²) in [6, 6.07) is 3.26. The summed E-state index contributed by atoms with van der Waals surface area (Å²) in [6.45, 7) is 2.10. The van der Waals surface area contributed by atoms with E-state index in [-0.39, 0.29) is 5.54 Å². The summed E-state index contributed by atoms with van der Waals surface area (Å²) < 4.78 is 0. The van der Waals surface area contributed by atoms with Crippen LogP contribution < -0.4 is 5.32 Å². The van der Waals surface area contributed by atoms with Crippen molar-refractivity contribution in [1.82, 2.24) is 10.2 Å². The van der Waals surface area contributed by atoms with Crippen LogP contribution >= 0.6 is 0 Å². The van der Waals surface area contributed by atoms with E-state index in [1.54, 1.807) is 0 Å². The fourth-order valence-corrected chi connectivity index (χ4v) is 3.23. The summed E-state index contributed by atoms with van der Waals surface area (Å²) in [4.78, 5) is 2.40. The van der Waals surface area contributed by atoms with Crippen molar-refractivity contribution < 1.29 is 0 Å². The molecule has 0 aromatic heterocycles. The lowest BCUT2D eigenvalue weighted by atomic mass is 9.84. The highest BCUT2D eigenvalue weighted by atomic mass is 15.2. The minimum absolute atomic E-state index is 0.250. The van der Waals surface area contributed by atoms with Gasteiger partial charge in [-0.05, 0) is 57.4 Å². The Hall–Kier alpha value is -0.590. The van der Waals surface area contributed by atoms with E-state index < -0.39 is 0 Å². The van der Waals surface area contributed by atoms with Crippen LogP contribution in [0.5, 0.6) is 0 Å². The summed E-state index contributed by atoms with van der Waals surface area (Å²) in [5, 5.41) is 13.3. The standard InChI is InChI=1S/C15H25N3/c1-18(9-12-3-2-4-12)11-15(10-16,13-5-6-13)17-14-7-8-14/h12-14,17H,2-9,11H2,1H3. The molecule has 1 unspecified atom stereocenters. The van der Waals surface area contributed by atoms with Gasteiger partial charge >= 0.3 is 0 Å². The second kappa shape index (κ2) is 4.83. The van der Waals surface area contributed by atoms with Crippen molar-refractivity contribution >= 4 is 0 Å². The van der Waals surface area contributed by atoms with E-state index >= 15 is 0 Å². The number of hydrogen-bond acceptors (Lipinski definition) is 3. The van der Waals surface area contributed by atoms with Crippen molar-refractivity contribution in [1.29, 1.82) is 5.26 Å². The molecule has 3 saturated carbocycles. The molecule has 0 aliphatic heterocycles. The summed E-state index contributed by atoms with van der Waals surface area (Å²) >= 11 is 0. The van der Waals surface area contributed by atoms with Crippen LogP contribution in [0.15, 0.2) is 0 Å². The Morgan fingerprint density at radius 1 is 1.22 bits per heavy atom. The topological polar surface area (TPSA) is 39.1 Å². The van der Waals surface area contributed by atoms with Crippen LogP contribution in [0.1, 0.15) is 44.9 Å². The number of nitriles is 1. The van der Waals surface area contributed by atoms with Gasteiger partial charge in [0, 0.05) is 19.1 Å². The molecule has 0 aromatic rings. The lowest BCUT2D eigenvalue weighted by Crippen LogP contribution is -2.55. The van der Waals surface area contributed by atoms with Crippen molar-refractivity contribution in [2.24, 2.45) is 11.8 Å². The van der Waals surface area contributed by atoms with Gasteiger partial charge in [0.05, 0.1) is 6.07 Å². The molecule has 0 heterocycles. The summed E-state index contributed by atoms with van der Waals surface area (Å²) in [5.41, 5.74) is -0.250. The predicted octanol–water partition coefficient (Wildman–Crippen LogP) is 2.14. The molecule has 0 spiro atoms. The summed E-state index contributed by atoms with van der Waals surface area (Å²) in [6.07, 6.45) is 9.21. The van der Waals surface area contributed by atoms with Crippen LogP contribution in [0.2, 0.25) is 0 Å². The van der Waals surface area contributed by atoms with Gasteiger partial charge in [-0.2, -0.15) is 5.26 Å². The van der Waals surface area contributed by atoms with Gasteiger partial charge in [-0.25, -0.2) is 0 Å². The average Bonchev–Trinajstić information content (AvgIpc) is 3.12. The smallest absolute Gasteiger partial charge is 0.122 e. The molecule has 3 heteroatoms. The second-order valence-electron chi connectivity index (χ2n) is 6.77. The molecule has 0 bridgehead atoms. The number of nitrogens with zero attached hydrogens (tertiary/aromatic N) is 2. The number of hydrogen-bond donors (Lipinski definition) is 1. The molecule has 3 nitrogen and oxygen atoms in total. The maximum Gasteiger partial charge on any atom is 0.122 e. The molecular weight excluding hydrogens is 222 g/mol. The van der Waals surface area contributed by atoms with Gasteiger partial charge in [0.1, 0.15) is 5.54 Å². The Kier molecular flexibility index (Phi) is 3.34. The van der Waals surface area contributed by atoms with E-state index in [1.165, 1.54) is 51.5 Å². The zero-order valence-corrected chi connectivity index (χ0v) is 11.5. The number of rotatable bonds is 7. The Morgan fingerprint density at radius 3 is 2.39 bits per heavy atom. The molecule has 0 aromatic carbocycles. The molecule has 0 saturated heterocycles. The third-order valence-electron chi connectivity index (χ3n) is 4.83. The summed E-state index contributed by atoms with van der Waals surface area (Å²) in [7, 11) is 2.20. The lowest BCUT2D eigenvalue weighted by Gasteiger charge is -2.36. The highest BCUT2D eigenvalue weighted by molar-refractivity contribution is 5.18. The van der Waals surface area contributed by atoms with Gasteiger partial charge in [-0.15, -0.1) is 0 Å². The monoisotopic (exact) mass is 247 g/mol. The molecular formula is C15H25N3. The molecule has 3 aliphatic carbocycles. The molecule has 100 valence electrons. The first-order valence-electron chi connectivity index (χ1n) is 7.59. The summed E-state index contributed by atoms with van der Waals surface area (Å²) in [5.74, 6) is 1.50. The van der Waals surface area contributed by atoms with Gasteiger partial charge in [-0.1, -0.05) is 6.42 Å².